The average molecular weight is 234 g/mol. The van der Waals surface area contributed by atoms with Crippen molar-refractivity contribution in [2.75, 3.05) is 17.7 Å². The average Bonchev–Trinajstić information content (AvgIpc) is 2.76. The minimum absolute atomic E-state index is 0.0595. The molecule has 1 atom stereocenters. The maximum atomic E-state index is 9.39. The summed E-state index contributed by atoms with van der Waals surface area (Å²) in [6.07, 6.45) is 2.55. The number of nitrogens with one attached hydrogen (secondary N) is 2. The third-order valence-electron chi connectivity index (χ3n) is 3.18. The predicted molar refractivity (Wildman–Crippen MR) is 69.9 cm³/mol. The van der Waals surface area contributed by atoms with E-state index in [1.807, 2.05) is 26.0 Å². The molecule has 0 bridgehead atoms. The Morgan fingerprint density at radius 1 is 1.53 bits per heavy atom. The highest BCUT2D eigenvalue weighted by atomic mass is 16.3. The lowest BCUT2D eigenvalue weighted by Crippen LogP contribution is -2.38. The number of H-pyrrole nitrogens is 1. The molecule has 17 heavy (non-hydrogen) atoms. The lowest BCUT2D eigenvalue weighted by Gasteiger charge is -2.29. The molecule has 1 heterocycles. The summed E-state index contributed by atoms with van der Waals surface area (Å²) in [4.78, 5) is 0. The molecule has 2 aromatic rings. The highest BCUT2D eigenvalue weighted by molar-refractivity contribution is 5.88. The maximum absolute atomic E-state index is 9.39. The van der Waals surface area contributed by atoms with E-state index in [9.17, 15) is 5.11 Å². The van der Waals surface area contributed by atoms with Crippen molar-refractivity contribution in [1.29, 1.82) is 0 Å². The number of benzene rings is 1. The summed E-state index contributed by atoms with van der Waals surface area (Å²) >= 11 is 0. The molecule has 0 saturated heterocycles. The molecule has 5 N–H and O–H groups in total. The molecule has 0 amide bonds. The second kappa shape index (κ2) is 4.25. The largest absolute Gasteiger partial charge is 0.397 e. The minimum atomic E-state index is -0.359. The second-order valence-corrected chi connectivity index (χ2v) is 4.59. The Morgan fingerprint density at radius 2 is 2.29 bits per heavy atom. The van der Waals surface area contributed by atoms with Crippen molar-refractivity contribution in [1.82, 2.24) is 10.2 Å². The summed E-state index contributed by atoms with van der Waals surface area (Å²) in [6.45, 7) is 4.04. The smallest absolute Gasteiger partial charge is 0.0672 e. The summed E-state index contributed by atoms with van der Waals surface area (Å²) < 4.78 is 0. The summed E-state index contributed by atoms with van der Waals surface area (Å²) in [5, 5.41) is 20.5. The van der Waals surface area contributed by atoms with Crippen molar-refractivity contribution in [3.63, 3.8) is 0 Å². The van der Waals surface area contributed by atoms with Crippen LogP contribution in [-0.2, 0) is 0 Å². The molecule has 1 unspecified atom stereocenters. The fourth-order valence-corrected chi connectivity index (χ4v) is 1.68. The van der Waals surface area contributed by atoms with E-state index in [2.05, 4.69) is 15.5 Å². The van der Waals surface area contributed by atoms with Gasteiger partial charge in [0.25, 0.3) is 0 Å². The van der Waals surface area contributed by atoms with Gasteiger partial charge >= 0.3 is 0 Å². The SMILES string of the molecule is CCC(C)(CO)Nc1cc2[nH]ncc2cc1N. The zero-order chi connectivity index (χ0) is 12.5. The predicted octanol–water partition coefficient (Wildman–Crippen LogP) is 1.72. The van der Waals surface area contributed by atoms with Gasteiger partial charge in [0.05, 0.1) is 35.2 Å². The Labute approximate surface area is 100 Å². The molecule has 0 fully saturated rings. The molecule has 0 aliphatic rings. The van der Waals surface area contributed by atoms with Gasteiger partial charge in [-0.3, -0.25) is 5.10 Å². The number of nitrogen functional groups attached to an aromatic ring is 1. The Balaban J connectivity index is 2.37. The van der Waals surface area contributed by atoms with Crippen molar-refractivity contribution in [2.24, 2.45) is 0 Å². The first-order valence-corrected chi connectivity index (χ1v) is 5.69. The first-order valence-electron chi connectivity index (χ1n) is 5.69. The van der Waals surface area contributed by atoms with Crippen molar-refractivity contribution >= 4 is 22.3 Å². The number of anilines is 2. The van der Waals surface area contributed by atoms with Crippen LogP contribution in [0.2, 0.25) is 0 Å². The number of nitrogens with two attached hydrogens (primary N) is 1. The number of fused-ring (bicyclic) bond motifs is 1. The first-order chi connectivity index (χ1) is 8.08. The van der Waals surface area contributed by atoms with E-state index >= 15 is 0 Å². The van der Waals surface area contributed by atoms with Crippen molar-refractivity contribution in [2.45, 2.75) is 25.8 Å². The molecule has 5 nitrogen and oxygen atoms in total. The number of hydrogen-bond acceptors (Lipinski definition) is 4. The normalized spacial score (nSPS) is 14.8. The van der Waals surface area contributed by atoms with Gasteiger partial charge in [-0.25, -0.2) is 0 Å². The number of aliphatic hydroxyl groups is 1. The van der Waals surface area contributed by atoms with Gasteiger partial charge < -0.3 is 16.2 Å². The van der Waals surface area contributed by atoms with Crippen LogP contribution < -0.4 is 11.1 Å². The van der Waals surface area contributed by atoms with Crippen LogP contribution in [0.1, 0.15) is 20.3 Å². The van der Waals surface area contributed by atoms with Gasteiger partial charge in [0.1, 0.15) is 0 Å². The van der Waals surface area contributed by atoms with E-state index in [0.29, 0.717) is 5.69 Å². The molecular formula is C12H18N4O. The number of nitrogens with zero attached hydrogens (tertiary/aromatic N) is 1. The first kappa shape index (κ1) is 11.7. The summed E-state index contributed by atoms with van der Waals surface area (Å²) in [5.74, 6) is 0. The van der Waals surface area contributed by atoms with Crippen LogP contribution in [0.4, 0.5) is 11.4 Å². The Morgan fingerprint density at radius 3 is 2.94 bits per heavy atom. The number of aromatic nitrogens is 2. The van der Waals surface area contributed by atoms with Crippen LogP contribution in [0.15, 0.2) is 18.3 Å². The molecule has 2 rings (SSSR count). The Hall–Kier alpha value is -1.75. The molecule has 1 aromatic carbocycles. The van der Waals surface area contributed by atoms with Crippen molar-refractivity contribution < 1.29 is 5.11 Å². The van der Waals surface area contributed by atoms with Gasteiger partial charge in [-0.2, -0.15) is 5.10 Å². The fourth-order valence-electron chi connectivity index (χ4n) is 1.68. The highest BCUT2D eigenvalue weighted by Crippen LogP contribution is 2.28. The molecule has 0 spiro atoms. The minimum Gasteiger partial charge on any atom is -0.397 e. The molecule has 0 aliphatic carbocycles. The van der Waals surface area contributed by atoms with Crippen molar-refractivity contribution in [3.8, 4) is 0 Å². The lowest BCUT2D eigenvalue weighted by molar-refractivity contribution is 0.219. The van der Waals surface area contributed by atoms with E-state index in [4.69, 9.17) is 5.73 Å². The van der Waals surface area contributed by atoms with Crippen LogP contribution >= 0.6 is 0 Å². The molecule has 0 saturated carbocycles. The summed E-state index contributed by atoms with van der Waals surface area (Å²) in [6, 6.07) is 3.79. The van der Waals surface area contributed by atoms with E-state index in [0.717, 1.165) is 23.0 Å². The number of aliphatic hydroxyl groups excluding tert-OH is 1. The highest BCUT2D eigenvalue weighted by Gasteiger charge is 2.21. The quantitative estimate of drug-likeness (QED) is 0.607. The van der Waals surface area contributed by atoms with Crippen LogP contribution in [0.3, 0.4) is 0 Å². The monoisotopic (exact) mass is 234 g/mol. The van der Waals surface area contributed by atoms with E-state index in [1.165, 1.54) is 0 Å². The van der Waals surface area contributed by atoms with Gasteiger partial charge in [-0.1, -0.05) is 6.92 Å². The maximum Gasteiger partial charge on any atom is 0.0672 e. The Kier molecular flexibility index (Phi) is 2.93. The fraction of sp³-hybridized carbons (Fsp3) is 0.417. The standard InChI is InChI=1S/C12H18N4O/c1-3-12(2,7-17)15-11-5-10-8(4-9(11)13)6-14-16-10/h4-6,15,17H,3,7,13H2,1-2H3,(H,14,16). The van der Waals surface area contributed by atoms with Crippen molar-refractivity contribution in [3.05, 3.63) is 18.3 Å². The van der Waals surface area contributed by atoms with E-state index < -0.39 is 0 Å². The summed E-state index contributed by atoms with van der Waals surface area (Å²) in [7, 11) is 0. The Bertz CT molecular complexity index is 516. The molecule has 5 heteroatoms. The number of aromatic amines is 1. The van der Waals surface area contributed by atoms with E-state index in [-0.39, 0.29) is 12.1 Å². The summed E-state index contributed by atoms with van der Waals surface area (Å²) in [5.41, 5.74) is 8.02. The third kappa shape index (κ3) is 2.19. The number of rotatable bonds is 4. The van der Waals surface area contributed by atoms with Gasteiger partial charge in [0.15, 0.2) is 0 Å². The van der Waals surface area contributed by atoms with Crippen LogP contribution in [-0.4, -0.2) is 27.4 Å². The van der Waals surface area contributed by atoms with Crippen LogP contribution in [0, 0.1) is 0 Å². The zero-order valence-electron chi connectivity index (χ0n) is 10.1. The van der Waals surface area contributed by atoms with Gasteiger partial charge in [-0.05, 0) is 25.5 Å². The van der Waals surface area contributed by atoms with Gasteiger partial charge in [0, 0.05) is 5.39 Å². The van der Waals surface area contributed by atoms with Crippen LogP contribution in [0.25, 0.3) is 10.9 Å². The second-order valence-electron chi connectivity index (χ2n) is 4.59. The van der Waals surface area contributed by atoms with E-state index in [1.54, 1.807) is 6.20 Å². The van der Waals surface area contributed by atoms with Crippen LogP contribution in [0.5, 0.6) is 0 Å². The molecule has 0 aliphatic heterocycles. The molecule has 1 aromatic heterocycles. The number of hydrogen-bond donors (Lipinski definition) is 4. The molecular weight excluding hydrogens is 216 g/mol. The topological polar surface area (TPSA) is 87.0 Å². The lowest BCUT2D eigenvalue weighted by atomic mass is 9.99. The molecule has 92 valence electrons. The molecule has 0 radical (unpaired) electrons. The third-order valence-corrected chi connectivity index (χ3v) is 3.18. The zero-order valence-corrected chi connectivity index (χ0v) is 10.1. The van der Waals surface area contributed by atoms with Gasteiger partial charge in [-0.15, -0.1) is 0 Å². The van der Waals surface area contributed by atoms with Gasteiger partial charge in [0.2, 0.25) is 0 Å².